The molecule has 0 aliphatic rings. The van der Waals surface area contributed by atoms with Crippen LogP contribution in [0, 0.1) is 0 Å². The van der Waals surface area contributed by atoms with E-state index in [1.54, 1.807) is 4.90 Å². The second-order valence-electron chi connectivity index (χ2n) is 5.56. The number of carbonyl (C=O) groups is 1. The van der Waals surface area contributed by atoms with Gasteiger partial charge in [-0.3, -0.25) is 0 Å². The molecule has 0 aliphatic carbocycles. The first-order valence-corrected chi connectivity index (χ1v) is 7.44. The third kappa shape index (κ3) is 6.14. The van der Waals surface area contributed by atoms with Gasteiger partial charge in [0.05, 0.1) is 0 Å². The van der Waals surface area contributed by atoms with Crippen LogP contribution in [-0.4, -0.2) is 56.6 Å². The zero-order valence-corrected chi connectivity index (χ0v) is 13.8. The van der Waals surface area contributed by atoms with Crippen molar-refractivity contribution in [2.24, 2.45) is 0 Å². The molecule has 0 aliphatic heterocycles. The quantitative estimate of drug-likeness (QED) is 0.811. The molecule has 1 aromatic carbocycles. The Morgan fingerprint density at radius 2 is 1.95 bits per heavy atom. The van der Waals surface area contributed by atoms with Crippen molar-refractivity contribution in [3.63, 3.8) is 0 Å². The molecule has 0 saturated carbocycles. The number of amides is 2. The lowest BCUT2D eigenvalue weighted by molar-refractivity contribution is 0.217. The van der Waals surface area contributed by atoms with E-state index in [0.717, 1.165) is 18.8 Å². The van der Waals surface area contributed by atoms with E-state index in [1.807, 2.05) is 39.3 Å². The Balaban J connectivity index is 2.61. The Morgan fingerprint density at radius 3 is 2.57 bits per heavy atom. The smallest absolute Gasteiger partial charge is 0.321 e. The van der Waals surface area contributed by atoms with Gasteiger partial charge in [-0.15, -0.1) is 0 Å². The number of likely N-dealkylation sites (N-methyl/N-ethyl adjacent to an activating group) is 2. The highest BCUT2D eigenvalue weighted by atomic mass is 16.2. The van der Waals surface area contributed by atoms with E-state index in [2.05, 4.69) is 35.4 Å². The maximum Gasteiger partial charge on any atom is 0.321 e. The zero-order valence-electron chi connectivity index (χ0n) is 13.8. The Kier molecular flexibility index (Phi) is 7.19. The Labute approximate surface area is 128 Å². The molecule has 1 unspecified atom stereocenters. The maximum atomic E-state index is 12.1. The van der Waals surface area contributed by atoms with E-state index in [4.69, 9.17) is 0 Å². The van der Waals surface area contributed by atoms with E-state index in [0.29, 0.717) is 6.54 Å². The van der Waals surface area contributed by atoms with Crippen molar-refractivity contribution >= 4 is 11.7 Å². The summed E-state index contributed by atoms with van der Waals surface area (Å²) in [6, 6.07) is 8.17. The van der Waals surface area contributed by atoms with Crippen LogP contribution in [0.4, 0.5) is 10.5 Å². The summed E-state index contributed by atoms with van der Waals surface area (Å²) in [6.45, 7) is 6.67. The van der Waals surface area contributed by atoms with Crippen molar-refractivity contribution in [1.29, 1.82) is 0 Å². The number of benzene rings is 1. The molecular formula is C16H28N4O. The fourth-order valence-corrected chi connectivity index (χ4v) is 1.98. The van der Waals surface area contributed by atoms with Gasteiger partial charge in [0.25, 0.3) is 0 Å². The minimum Gasteiger partial charge on any atom is -0.326 e. The van der Waals surface area contributed by atoms with E-state index < -0.39 is 0 Å². The van der Waals surface area contributed by atoms with Gasteiger partial charge in [0.2, 0.25) is 0 Å². The molecule has 0 heterocycles. The Bertz CT molecular complexity index is 448. The van der Waals surface area contributed by atoms with Crippen LogP contribution in [0.25, 0.3) is 0 Å². The lowest BCUT2D eigenvalue weighted by Crippen LogP contribution is -2.36. The third-order valence-electron chi connectivity index (χ3n) is 3.38. The second-order valence-corrected chi connectivity index (χ2v) is 5.56. The average molecular weight is 292 g/mol. The van der Waals surface area contributed by atoms with Crippen LogP contribution in [0.3, 0.4) is 0 Å². The minimum absolute atomic E-state index is 0.0786. The average Bonchev–Trinajstić information content (AvgIpc) is 2.45. The molecule has 0 fully saturated rings. The molecule has 2 amide bonds. The molecule has 118 valence electrons. The summed E-state index contributed by atoms with van der Waals surface area (Å²) in [5.74, 6) is 0. The number of hydrogen-bond donors (Lipinski definition) is 2. The Morgan fingerprint density at radius 1 is 1.24 bits per heavy atom. The first-order chi connectivity index (χ1) is 9.93. The van der Waals surface area contributed by atoms with Crippen LogP contribution in [0.5, 0.6) is 0 Å². The summed E-state index contributed by atoms with van der Waals surface area (Å²) in [6.07, 6.45) is 0. The molecule has 2 N–H and O–H groups in total. The van der Waals surface area contributed by atoms with Crippen molar-refractivity contribution < 1.29 is 4.79 Å². The highest BCUT2D eigenvalue weighted by molar-refractivity contribution is 5.89. The molecular weight excluding hydrogens is 264 g/mol. The first-order valence-electron chi connectivity index (χ1n) is 7.44. The van der Waals surface area contributed by atoms with Crippen LogP contribution >= 0.6 is 0 Å². The van der Waals surface area contributed by atoms with Crippen LogP contribution in [0.1, 0.15) is 25.5 Å². The molecule has 1 atom stereocenters. The summed E-state index contributed by atoms with van der Waals surface area (Å²) in [5, 5.41) is 6.31. The minimum atomic E-state index is -0.0786. The first kappa shape index (κ1) is 17.5. The van der Waals surface area contributed by atoms with Gasteiger partial charge in [0, 0.05) is 31.9 Å². The number of nitrogens with zero attached hydrogens (tertiary/aromatic N) is 2. The van der Waals surface area contributed by atoms with Gasteiger partial charge in [-0.05, 0) is 45.3 Å². The molecule has 0 bridgehead atoms. The van der Waals surface area contributed by atoms with Crippen molar-refractivity contribution in [1.82, 2.24) is 15.1 Å². The summed E-state index contributed by atoms with van der Waals surface area (Å²) < 4.78 is 0. The normalized spacial score (nSPS) is 12.3. The predicted octanol–water partition coefficient (Wildman–Crippen LogP) is 2.38. The van der Waals surface area contributed by atoms with E-state index >= 15 is 0 Å². The highest BCUT2D eigenvalue weighted by Gasteiger charge is 2.10. The van der Waals surface area contributed by atoms with Gasteiger partial charge in [-0.25, -0.2) is 4.79 Å². The van der Waals surface area contributed by atoms with Gasteiger partial charge in [0.15, 0.2) is 0 Å². The van der Waals surface area contributed by atoms with E-state index in [-0.39, 0.29) is 12.1 Å². The zero-order chi connectivity index (χ0) is 15.8. The van der Waals surface area contributed by atoms with Crippen molar-refractivity contribution in [2.45, 2.75) is 19.9 Å². The van der Waals surface area contributed by atoms with Crippen LogP contribution in [-0.2, 0) is 0 Å². The van der Waals surface area contributed by atoms with Crippen LogP contribution in [0.15, 0.2) is 24.3 Å². The largest absolute Gasteiger partial charge is 0.326 e. The van der Waals surface area contributed by atoms with E-state index in [9.17, 15) is 4.79 Å². The molecule has 0 saturated heterocycles. The number of rotatable bonds is 7. The summed E-state index contributed by atoms with van der Waals surface area (Å²) in [4.78, 5) is 15.9. The number of urea groups is 1. The molecule has 0 radical (unpaired) electrons. The van der Waals surface area contributed by atoms with Gasteiger partial charge in [0.1, 0.15) is 0 Å². The molecule has 0 aromatic heterocycles. The summed E-state index contributed by atoms with van der Waals surface area (Å²) in [7, 11) is 5.80. The van der Waals surface area contributed by atoms with Gasteiger partial charge in [-0.1, -0.05) is 19.1 Å². The van der Waals surface area contributed by atoms with E-state index in [1.165, 1.54) is 5.56 Å². The fourth-order valence-electron chi connectivity index (χ4n) is 1.98. The molecule has 1 rings (SSSR count). The topological polar surface area (TPSA) is 47.6 Å². The predicted molar refractivity (Wildman–Crippen MR) is 88.7 cm³/mol. The monoisotopic (exact) mass is 292 g/mol. The van der Waals surface area contributed by atoms with Gasteiger partial charge < -0.3 is 20.4 Å². The SMILES string of the molecule is CCNC(C)c1cccc(NC(=O)N(C)CCN(C)C)c1. The second kappa shape index (κ2) is 8.64. The molecule has 21 heavy (non-hydrogen) atoms. The van der Waals surface area contributed by atoms with Crippen molar-refractivity contribution in [2.75, 3.05) is 46.1 Å². The van der Waals surface area contributed by atoms with Gasteiger partial charge >= 0.3 is 6.03 Å². The standard InChI is InChI=1S/C16H28N4O/c1-6-17-13(2)14-8-7-9-15(12-14)18-16(21)20(5)11-10-19(3)4/h7-9,12-13,17H,6,10-11H2,1-5H3,(H,18,21). The van der Waals surface area contributed by atoms with Crippen molar-refractivity contribution in [3.8, 4) is 0 Å². The Hall–Kier alpha value is -1.59. The summed E-state index contributed by atoms with van der Waals surface area (Å²) >= 11 is 0. The van der Waals surface area contributed by atoms with Crippen molar-refractivity contribution in [3.05, 3.63) is 29.8 Å². The number of hydrogen-bond acceptors (Lipinski definition) is 3. The lowest BCUT2D eigenvalue weighted by Gasteiger charge is -2.20. The maximum absolute atomic E-state index is 12.1. The molecule has 5 nitrogen and oxygen atoms in total. The number of carbonyl (C=O) groups excluding carboxylic acids is 1. The number of nitrogens with one attached hydrogen (secondary N) is 2. The third-order valence-corrected chi connectivity index (χ3v) is 3.38. The van der Waals surface area contributed by atoms with Crippen LogP contribution < -0.4 is 10.6 Å². The summed E-state index contributed by atoms with van der Waals surface area (Å²) in [5.41, 5.74) is 2.00. The van der Waals surface area contributed by atoms with Gasteiger partial charge in [-0.2, -0.15) is 0 Å². The fraction of sp³-hybridized carbons (Fsp3) is 0.562. The number of anilines is 1. The lowest BCUT2D eigenvalue weighted by atomic mass is 10.1. The highest BCUT2D eigenvalue weighted by Crippen LogP contribution is 2.17. The van der Waals surface area contributed by atoms with Crippen LogP contribution in [0.2, 0.25) is 0 Å². The molecule has 1 aromatic rings. The molecule has 0 spiro atoms. The molecule has 5 heteroatoms.